The molecule has 72 valence electrons. The summed E-state index contributed by atoms with van der Waals surface area (Å²) in [6, 6.07) is 0. The lowest BCUT2D eigenvalue weighted by Crippen LogP contribution is -2.48. The van der Waals surface area contributed by atoms with E-state index < -0.39 is 0 Å². The van der Waals surface area contributed by atoms with Crippen molar-refractivity contribution in [2.75, 3.05) is 20.1 Å². The molecule has 1 fully saturated rings. The highest BCUT2D eigenvalue weighted by molar-refractivity contribution is 4.96. The molecule has 2 heteroatoms. The Morgan fingerprint density at radius 1 is 1.50 bits per heavy atom. The maximum absolute atomic E-state index is 6.21. The van der Waals surface area contributed by atoms with Gasteiger partial charge in [0.15, 0.2) is 0 Å². The van der Waals surface area contributed by atoms with Gasteiger partial charge in [0.2, 0.25) is 0 Å². The van der Waals surface area contributed by atoms with Gasteiger partial charge in [0.05, 0.1) is 0 Å². The Morgan fingerprint density at radius 3 is 2.50 bits per heavy atom. The predicted octanol–water partition coefficient (Wildman–Crippen LogP) is 1.46. The molecular formula is C10H22N2. The van der Waals surface area contributed by atoms with Gasteiger partial charge in [-0.25, -0.2) is 0 Å². The molecule has 2 N–H and O–H groups in total. The van der Waals surface area contributed by atoms with Gasteiger partial charge in [-0.15, -0.1) is 0 Å². The van der Waals surface area contributed by atoms with Crippen molar-refractivity contribution >= 4 is 0 Å². The minimum atomic E-state index is 0.0594. The number of nitrogens with zero attached hydrogens (tertiary/aromatic N) is 1. The van der Waals surface area contributed by atoms with Crippen molar-refractivity contribution < 1.29 is 0 Å². The normalized spacial score (nSPS) is 22.8. The first-order chi connectivity index (χ1) is 5.56. The van der Waals surface area contributed by atoms with Crippen LogP contribution in [0.1, 0.15) is 33.1 Å². The summed E-state index contributed by atoms with van der Waals surface area (Å²) in [7, 11) is 2.16. The molecule has 0 aliphatic heterocycles. The Balaban J connectivity index is 2.27. The van der Waals surface area contributed by atoms with E-state index in [4.69, 9.17) is 5.73 Å². The van der Waals surface area contributed by atoms with Crippen LogP contribution in [0.15, 0.2) is 0 Å². The second kappa shape index (κ2) is 3.75. The van der Waals surface area contributed by atoms with Crippen LogP contribution in [0.4, 0.5) is 0 Å². The summed E-state index contributed by atoms with van der Waals surface area (Å²) in [6.07, 6.45) is 3.90. The van der Waals surface area contributed by atoms with Crippen LogP contribution in [0.5, 0.6) is 0 Å². The van der Waals surface area contributed by atoms with Gasteiger partial charge < -0.3 is 10.6 Å². The molecule has 0 aromatic heterocycles. The molecule has 1 unspecified atom stereocenters. The number of likely N-dealkylation sites (N-methyl/N-ethyl adjacent to an activating group) is 1. The first-order valence-corrected chi connectivity index (χ1v) is 5.03. The number of nitrogens with two attached hydrogens (primary N) is 1. The Bertz CT molecular complexity index is 139. The molecule has 0 bridgehead atoms. The zero-order chi connectivity index (χ0) is 9.19. The summed E-state index contributed by atoms with van der Waals surface area (Å²) >= 11 is 0. The maximum Gasteiger partial charge on any atom is 0.0283 e. The number of hydrogen-bond acceptors (Lipinski definition) is 2. The lowest BCUT2D eigenvalue weighted by molar-refractivity contribution is 0.239. The van der Waals surface area contributed by atoms with Crippen LogP contribution >= 0.6 is 0 Å². The Hall–Kier alpha value is -0.0800. The van der Waals surface area contributed by atoms with Gasteiger partial charge in [0.1, 0.15) is 0 Å². The molecule has 0 aromatic rings. The van der Waals surface area contributed by atoms with Crippen LogP contribution in [-0.2, 0) is 0 Å². The van der Waals surface area contributed by atoms with Gasteiger partial charge in [0, 0.05) is 12.1 Å². The highest BCUT2D eigenvalue weighted by atomic mass is 15.1. The third-order valence-electron chi connectivity index (χ3n) is 2.73. The first kappa shape index (κ1) is 10.0. The summed E-state index contributed by atoms with van der Waals surface area (Å²) < 4.78 is 0. The van der Waals surface area contributed by atoms with E-state index in [1.807, 2.05) is 0 Å². The van der Waals surface area contributed by atoms with Crippen molar-refractivity contribution in [3.63, 3.8) is 0 Å². The third-order valence-corrected chi connectivity index (χ3v) is 2.73. The van der Waals surface area contributed by atoms with Crippen LogP contribution in [0.2, 0.25) is 0 Å². The van der Waals surface area contributed by atoms with Crippen LogP contribution in [0.25, 0.3) is 0 Å². The van der Waals surface area contributed by atoms with E-state index in [0.717, 1.165) is 12.5 Å². The molecule has 0 radical (unpaired) electrons. The molecule has 1 atom stereocenters. The van der Waals surface area contributed by atoms with E-state index in [9.17, 15) is 0 Å². The Labute approximate surface area is 76.1 Å². The number of rotatable bonds is 5. The van der Waals surface area contributed by atoms with Crippen molar-refractivity contribution in [3.05, 3.63) is 0 Å². The van der Waals surface area contributed by atoms with E-state index in [2.05, 4.69) is 25.8 Å². The zero-order valence-corrected chi connectivity index (χ0v) is 8.64. The predicted molar refractivity (Wildman–Crippen MR) is 53.1 cm³/mol. The largest absolute Gasteiger partial charge is 0.324 e. The molecule has 0 aromatic carbocycles. The number of hydrogen-bond donors (Lipinski definition) is 1. The van der Waals surface area contributed by atoms with Crippen molar-refractivity contribution in [2.45, 2.75) is 38.6 Å². The van der Waals surface area contributed by atoms with E-state index in [1.54, 1.807) is 0 Å². The van der Waals surface area contributed by atoms with Crippen molar-refractivity contribution in [3.8, 4) is 0 Å². The van der Waals surface area contributed by atoms with E-state index >= 15 is 0 Å². The van der Waals surface area contributed by atoms with Crippen LogP contribution in [0.3, 0.4) is 0 Å². The maximum atomic E-state index is 6.21. The topological polar surface area (TPSA) is 29.3 Å². The van der Waals surface area contributed by atoms with E-state index in [-0.39, 0.29) is 5.54 Å². The molecule has 1 aliphatic carbocycles. The van der Waals surface area contributed by atoms with Gasteiger partial charge in [-0.3, -0.25) is 0 Å². The first-order valence-electron chi connectivity index (χ1n) is 5.03. The summed E-state index contributed by atoms with van der Waals surface area (Å²) in [5, 5.41) is 0. The summed E-state index contributed by atoms with van der Waals surface area (Å²) in [6.45, 7) is 6.61. The molecule has 1 saturated carbocycles. The summed E-state index contributed by atoms with van der Waals surface area (Å²) in [5.74, 6) is 0.789. The smallest absolute Gasteiger partial charge is 0.0283 e. The third kappa shape index (κ3) is 2.76. The van der Waals surface area contributed by atoms with Crippen LogP contribution < -0.4 is 5.73 Å². The lowest BCUT2D eigenvalue weighted by Gasteiger charge is -2.30. The fourth-order valence-electron chi connectivity index (χ4n) is 1.91. The summed E-state index contributed by atoms with van der Waals surface area (Å²) in [5.41, 5.74) is 6.27. The molecule has 0 saturated heterocycles. The quantitative estimate of drug-likeness (QED) is 0.677. The molecule has 1 rings (SSSR count). The SMILES string of the molecule is CCCN(C)CC(C)(N)C1CC1. The van der Waals surface area contributed by atoms with E-state index in [0.29, 0.717) is 0 Å². The molecule has 2 nitrogen and oxygen atoms in total. The van der Waals surface area contributed by atoms with Gasteiger partial charge >= 0.3 is 0 Å². The second-order valence-electron chi connectivity index (χ2n) is 4.52. The zero-order valence-electron chi connectivity index (χ0n) is 8.64. The van der Waals surface area contributed by atoms with Gasteiger partial charge in [-0.05, 0) is 45.7 Å². The molecule has 0 spiro atoms. The van der Waals surface area contributed by atoms with Gasteiger partial charge in [-0.1, -0.05) is 6.92 Å². The van der Waals surface area contributed by atoms with Gasteiger partial charge in [-0.2, -0.15) is 0 Å². The van der Waals surface area contributed by atoms with Crippen LogP contribution in [-0.4, -0.2) is 30.6 Å². The fourth-order valence-corrected chi connectivity index (χ4v) is 1.91. The average Bonchev–Trinajstić information content (AvgIpc) is 2.65. The van der Waals surface area contributed by atoms with Crippen LogP contribution in [0, 0.1) is 5.92 Å². The lowest BCUT2D eigenvalue weighted by atomic mass is 9.97. The summed E-state index contributed by atoms with van der Waals surface area (Å²) in [4.78, 5) is 2.35. The van der Waals surface area contributed by atoms with Crippen molar-refractivity contribution in [1.82, 2.24) is 4.90 Å². The molecule has 1 aliphatic rings. The van der Waals surface area contributed by atoms with Crippen molar-refractivity contribution in [2.24, 2.45) is 11.7 Å². The molecule has 12 heavy (non-hydrogen) atoms. The highest BCUT2D eigenvalue weighted by Crippen LogP contribution is 2.38. The monoisotopic (exact) mass is 170 g/mol. The second-order valence-corrected chi connectivity index (χ2v) is 4.52. The average molecular weight is 170 g/mol. The molecular weight excluding hydrogens is 148 g/mol. The van der Waals surface area contributed by atoms with E-state index in [1.165, 1.54) is 25.8 Å². The minimum absolute atomic E-state index is 0.0594. The standard InChI is InChI=1S/C10H22N2/c1-4-7-12(3)8-10(2,11)9-5-6-9/h9H,4-8,11H2,1-3H3. The Kier molecular flexibility index (Phi) is 3.13. The molecule has 0 heterocycles. The Morgan fingerprint density at radius 2 is 2.08 bits per heavy atom. The molecule has 0 amide bonds. The minimum Gasteiger partial charge on any atom is -0.324 e. The van der Waals surface area contributed by atoms with Crippen molar-refractivity contribution in [1.29, 1.82) is 0 Å². The van der Waals surface area contributed by atoms with Gasteiger partial charge in [0.25, 0.3) is 0 Å². The fraction of sp³-hybridized carbons (Fsp3) is 1.00. The highest BCUT2D eigenvalue weighted by Gasteiger charge is 2.38.